The van der Waals surface area contributed by atoms with Crippen LogP contribution in [0.15, 0.2) is 400 Å². The maximum absolute atomic E-state index is 14.1. The molecule has 4 heterocycles. The Balaban J connectivity index is 0.000000134. The molecule has 0 unspecified atom stereocenters. The molecule has 552 valence electrons. The highest BCUT2D eigenvalue weighted by Gasteiger charge is 2.37. The fourth-order valence-corrected chi connectivity index (χ4v) is 18.5. The number of anilines is 12. The molecule has 0 saturated heterocycles. The zero-order chi connectivity index (χ0) is 75.5. The van der Waals surface area contributed by atoms with Gasteiger partial charge in [0, 0.05) is 144 Å². The Bertz CT molecular complexity index is 6440. The van der Waals surface area contributed by atoms with E-state index in [0.29, 0.717) is 5.56 Å². The van der Waals surface area contributed by atoms with Crippen LogP contribution >= 0.6 is 22.7 Å². The van der Waals surface area contributed by atoms with Crippen LogP contribution in [0.4, 0.5) is 72.6 Å². The number of para-hydroxylation sites is 8. The number of fused-ring (bicyclic) bond motifs is 16. The van der Waals surface area contributed by atoms with Gasteiger partial charge >= 0.3 is 0 Å². The Morgan fingerprint density at radius 2 is 0.530 bits per heavy atom. The minimum absolute atomic E-state index is 0. The lowest BCUT2D eigenvalue weighted by molar-refractivity contribution is 0.103. The lowest BCUT2D eigenvalue weighted by atomic mass is 10.1. The predicted octanol–water partition coefficient (Wildman–Crippen LogP) is 29.8. The molecule has 8 nitrogen and oxygen atoms in total. The number of hydrogen-bond donors (Lipinski definition) is 1. The summed E-state index contributed by atoms with van der Waals surface area (Å²) in [5.74, 6) is 0.0492. The van der Waals surface area contributed by atoms with Crippen LogP contribution in [0.3, 0.4) is 0 Å². The van der Waals surface area contributed by atoms with E-state index in [2.05, 4.69) is 369 Å². The van der Waals surface area contributed by atoms with Gasteiger partial charge in [-0.3, -0.25) is 9.59 Å². The van der Waals surface area contributed by atoms with E-state index in [1.165, 1.54) is 16.8 Å². The first-order valence-corrected chi connectivity index (χ1v) is 39.3. The number of halogens is 1. The highest BCUT2D eigenvalue weighted by Crippen LogP contribution is 2.53. The van der Waals surface area contributed by atoms with Crippen molar-refractivity contribution in [2.24, 2.45) is 0 Å². The topological polar surface area (TPSA) is 67.8 Å². The molecule has 6 aliphatic rings. The average molecular weight is 1520 g/mol. The first-order chi connectivity index (χ1) is 55.8. The lowest BCUT2D eigenvalue weighted by Gasteiger charge is -2.26. The summed E-state index contributed by atoms with van der Waals surface area (Å²) in [4.78, 5) is 41.1. The smallest absolute Gasteiger partial charge is 0.195 e. The van der Waals surface area contributed by atoms with Gasteiger partial charge < -0.3 is 29.2 Å². The van der Waals surface area contributed by atoms with Crippen molar-refractivity contribution in [2.45, 2.75) is 14.9 Å². The minimum Gasteiger partial charge on any atom is -0.355 e. The molecule has 0 spiro atoms. The number of carbonyl (C=O) groups is 2. The van der Waals surface area contributed by atoms with Crippen LogP contribution in [-0.2, 0) is 0 Å². The highest BCUT2D eigenvalue weighted by molar-refractivity contribution is 7.18. The SMILES string of the molecule is C.C.O=C1c2cc(-n3c4ccc(N(c5ccccc5)c5ccccc5)cc4c4cc(N(c5ccccc5)c5ccccc5)ccc43)sc2-c2cc3cccccc-3c21.O=C1c2cc(F)sc2-c2cc3cccccc-3c21.c1ccc(N(c2ccccc2)c2ccc3[nH]c4ccc(N(c5ccccc5)c5ccccc5)cc4c3c2)cc1. The van der Waals surface area contributed by atoms with Crippen molar-refractivity contribution in [3.63, 3.8) is 0 Å². The van der Waals surface area contributed by atoms with Gasteiger partial charge in [0.15, 0.2) is 16.7 Å². The van der Waals surface area contributed by atoms with E-state index in [4.69, 9.17) is 0 Å². The van der Waals surface area contributed by atoms with Crippen molar-refractivity contribution in [1.82, 2.24) is 9.55 Å². The number of H-pyrrole nitrogens is 1. The number of hydrogen-bond acceptors (Lipinski definition) is 8. The van der Waals surface area contributed by atoms with Crippen LogP contribution in [0.2, 0.25) is 0 Å². The third kappa shape index (κ3) is 13.0. The van der Waals surface area contributed by atoms with Gasteiger partial charge in [0.05, 0.1) is 11.0 Å². The van der Waals surface area contributed by atoms with Gasteiger partial charge in [-0.25, -0.2) is 0 Å². The first kappa shape index (κ1) is 72.1. The van der Waals surface area contributed by atoms with Crippen molar-refractivity contribution in [1.29, 1.82) is 0 Å². The van der Waals surface area contributed by atoms with Gasteiger partial charge in [-0.05, 0) is 216 Å². The number of thiophene rings is 2. The summed E-state index contributed by atoms with van der Waals surface area (Å²) in [7, 11) is 0. The van der Waals surface area contributed by atoms with Crippen LogP contribution in [0.5, 0.6) is 0 Å². The largest absolute Gasteiger partial charge is 0.355 e. The van der Waals surface area contributed by atoms with Gasteiger partial charge in [-0.15, -0.1) is 22.7 Å². The van der Waals surface area contributed by atoms with E-state index in [-0.39, 0.29) is 31.6 Å². The first-order valence-electron chi connectivity index (χ1n) is 37.6. The van der Waals surface area contributed by atoms with Gasteiger partial charge in [0.1, 0.15) is 5.00 Å². The molecule has 11 heteroatoms. The number of rotatable bonds is 13. The highest BCUT2D eigenvalue weighted by atomic mass is 32.1. The molecule has 0 fully saturated rings. The van der Waals surface area contributed by atoms with E-state index < -0.39 is 0 Å². The Labute approximate surface area is 675 Å². The number of aromatic amines is 1. The summed E-state index contributed by atoms with van der Waals surface area (Å²) in [6.07, 6.45) is 0. The molecule has 0 atom stereocenters. The molecular formula is C104H75FN6O2S2. The van der Waals surface area contributed by atoms with E-state index >= 15 is 0 Å². The molecule has 1 N–H and O–H groups in total. The fraction of sp³-hybridized carbons (Fsp3) is 0.0192. The van der Waals surface area contributed by atoms with E-state index in [1.807, 2.05) is 54.6 Å². The maximum Gasteiger partial charge on any atom is 0.195 e. The van der Waals surface area contributed by atoms with Gasteiger partial charge in [0.2, 0.25) is 0 Å². The molecule has 4 aromatic heterocycles. The lowest BCUT2D eigenvalue weighted by Crippen LogP contribution is -2.09. The van der Waals surface area contributed by atoms with Crippen molar-refractivity contribution in [3.05, 3.63) is 428 Å². The molecule has 0 saturated carbocycles. The standard InChI is InChI=1S/C51H33N3OS.C36H27N3.C15H7FOS.2CH4/c55-50-45-33-48(56-51(45)44-30-34-16-6-1-15-25-41(34)49(44)50)54-46-28-26-39(52(35-17-7-2-8-18-35)36-19-9-3-10-20-36)31-42(46)43-32-40(27-29-47(43)54)53(37-21-11-4-12-22-37)38-23-13-5-14-24-38;1-5-13-27(14-6-1)38(28-15-7-2-8-16-28)31-21-23-35-33(25-31)34-26-32(22-24-36(34)37-35)39(29-17-9-3-10-18-29)30-19-11-4-12-20-30;16-12-7-11-14(17)13-9-5-3-1-2-4-8(9)6-10(13)15(11)18-12;;/h1-33H;1-26,37H;1-7H;2*1H4. The van der Waals surface area contributed by atoms with Gasteiger partial charge in [-0.2, -0.15) is 4.39 Å². The third-order valence-corrected chi connectivity index (χ3v) is 23.5. The Morgan fingerprint density at radius 3 is 0.861 bits per heavy atom. The van der Waals surface area contributed by atoms with Crippen molar-refractivity contribution < 1.29 is 14.0 Å². The van der Waals surface area contributed by atoms with Crippen LogP contribution < -0.4 is 19.6 Å². The summed E-state index contributed by atoms with van der Waals surface area (Å²) >= 11 is 2.75. The number of nitrogens with one attached hydrogen (secondary N) is 1. The number of benzene rings is 12. The van der Waals surface area contributed by atoms with Crippen molar-refractivity contribution in [2.75, 3.05) is 19.6 Å². The number of aromatic nitrogens is 2. The molecule has 6 aliphatic carbocycles. The minimum atomic E-state index is -0.296. The second kappa shape index (κ2) is 30.6. The van der Waals surface area contributed by atoms with Crippen LogP contribution in [-0.4, -0.2) is 21.1 Å². The molecule has 12 aromatic carbocycles. The number of nitrogens with zero attached hydrogens (tertiary/aromatic N) is 5. The van der Waals surface area contributed by atoms with Crippen molar-refractivity contribution in [3.8, 4) is 48.1 Å². The molecule has 22 rings (SSSR count). The second-order valence-electron chi connectivity index (χ2n) is 28.1. The fourth-order valence-electron chi connectivity index (χ4n) is 16.3. The average Bonchev–Trinajstić information content (AvgIpc) is 1.56. The van der Waals surface area contributed by atoms with Crippen molar-refractivity contribution >= 4 is 146 Å². The predicted molar refractivity (Wildman–Crippen MR) is 482 cm³/mol. The normalized spacial score (nSPS) is 11.6. The van der Waals surface area contributed by atoms with E-state index in [9.17, 15) is 14.0 Å². The van der Waals surface area contributed by atoms with Gasteiger partial charge in [0.25, 0.3) is 0 Å². The molecule has 0 radical (unpaired) electrons. The Hall–Kier alpha value is -14.5. The molecule has 16 aromatic rings. The molecule has 0 bridgehead atoms. The van der Waals surface area contributed by atoms with Crippen LogP contribution in [0.1, 0.15) is 46.7 Å². The molecular weight excluding hydrogens is 1450 g/mol. The van der Waals surface area contributed by atoms with E-state index in [1.54, 1.807) is 11.3 Å². The number of carbonyl (C=O) groups excluding carboxylic acids is 2. The van der Waals surface area contributed by atoms with Crippen LogP contribution in [0, 0.1) is 5.13 Å². The Kier molecular flexibility index (Phi) is 19.2. The zero-order valence-corrected chi connectivity index (χ0v) is 62.5. The third-order valence-electron chi connectivity index (χ3n) is 21.3. The zero-order valence-electron chi connectivity index (χ0n) is 60.9. The molecule has 115 heavy (non-hydrogen) atoms. The summed E-state index contributed by atoms with van der Waals surface area (Å²) < 4.78 is 15.6. The number of ketones is 2. The monoisotopic (exact) mass is 1520 g/mol. The maximum atomic E-state index is 14.1. The summed E-state index contributed by atoms with van der Waals surface area (Å²) in [6.45, 7) is 0. The molecule has 0 aliphatic heterocycles. The summed E-state index contributed by atoms with van der Waals surface area (Å²) in [6, 6.07) is 139. The summed E-state index contributed by atoms with van der Waals surface area (Å²) in [5.41, 5.74) is 26.5. The van der Waals surface area contributed by atoms with E-state index in [0.717, 1.165) is 177 Å². The molecule has 0 amide bonds. The summed E-state index contributed by atoms with van der Waals surface area (Å²) in [5, 5.41) is 5.38. The Morgan fingerprint density at radius 1 is 0.252 bits per heavy atom. The second-order valence-corrected chi connectivity index (χ2v) is 30.1. The van der Waals surface area contributed by atoms with Crippen LogP contribution in [0.25, 0.3) is 91.7 Å². The quantitative estimate of drug-likeness (QED) is 0.124. The van der Waals surface area contributed by atoms with Gasteiger partial charge in [-0.1, -0.05) is 221 Å².